The standard InChI is InChI=1S/C19H14F3NO4/c20-19(21,22)18(26,12-6-2-1-3-7-12)11-23-17(25)16-10-14(24)13-8-4-5-9-15(13)27-16/h1-10,26H,11H2,(H,23,25)/t18-/m1/s1. The third-order valence-corrected chi connectivity index (χ3v) is 4.08. The van der Waals surface area contributed by atoms with Gasteiger partial charge in [0.2, 0.25) is 5.60 Å². The van der Waals surface area contributed by atoms with Crippen molar-refractivity contribution in [3.05, 3.63) is 82.2 Å². The van der Waals surface area contributed by atoms with Crippen LogP contribution in [-0.2, 0) is 5.60 Å². The molecule has 0 fully saturated rings. The van der Waals surface area contributed by atoms with Crippen LogP contribution in [0.25, 0.3) is 11.0 Å². The van der Waals surface area contributed by atoms with Crippen LogP contribution in [0.1, 0.15) is 16.1 Å². The van der Waals surface area contributed by atoms with E-state index in [1.807, 2.05) is 5.32 Å². The molecule has 1 atom stereocenters. The summed E-state index contributed by atoms with van der Waals surface area (Å²) < 4.78 is 45.6. The number of hydrogen-bond donors (Lipinski definition) is 2. The van der Waals surface area contributed by atoms with E-state index in [1.54, 1.807) is 12.1 Å². The summed E-state index contributed by atoms with van der Waals surface area (Å²) in [6.07, 6.45) is -5.04. The monoisotopic (exact) mass is 377 g/mol. The number of hydrogen-bond acceptors (Lipinski definition) is 4. The minimum Gasteiger partial charge on any atom is -0.451 e. The van der Waals surface area contributed by atoms with Crippen molar-refractivity contribution < 1.29 is 27.5 Å². The predicted molar refractivity (Wildman–Crippen MR) is 91.2 cm³/mol. The number of alkyl halides is 3. The Morgan fingerprint density at radius 3 is 2.33 bits per heavy atom. The first-order chi connectivity index (χ1) is 12.7. The zero-order chi connectivity index (χ0) is 19.7. The number of rotatable bonds is 4. The van der Waals surface area contributed by atoms with Gasteiger partial charge >= 0.3 is 6.18 Å². The van der Waals surface area contributed by atoms with Gasteiger partial charge in [0, 0.05) is 6.07 Å². The second-order valence-electron chi connectivity index (χ2n) is 5.88. The lowest BCUT2D eigenvalue weighted by molar-refractivity contribution is -0.263. The van der Waals surface area contributed by atoms with Crippen molar-refractivity contribution >= 4 is 16.9 Å². The maximum absolute atomic E-state index is 13.4. The van der Waals surface area contributed by atoms with Gasteiger partial charge in [-0.3, -0.25) is 9.59 Å². The number of nitrogens with one attached hydrogen (secondary N) is 1. The maximum atomic E-state index is 13.4. The Hall–Kier alpha value is -3.13. The second-order valence-corrected chi connectivity index (χ2v) is 5.88. The van der Waals surface area contributed by atoms with Crippen LogP contribution in [0.2, 0.25) is 0 Å². The minimum absolute atomic E-state index is 0.129. The molecule has 5 nitrogen and oxygen atoms in total. The van der Waals surface area contributed by atoms with E-state index in [-0.39, 0.29) is 11.0 Å². The van der Waals surface area contributed by atoms with Crippen LogP contribution >= 0.6 is 0 Å². The summed E-state index contributed by atoms with van der Waals surface area (Å²) in [5, 5.41) is 12.4. The molecule has 1 heterocycles. The van der Waals surface area contributed by atoms with Crippen molar-refractivity contribution in [3.63, 3.8) is 0 Å². The Morgan fingerprint density at radius 1 is 1.04 bits per heavy atom. The van der Waals surface area contributed by atoms with Crippen molar-refractivity contribution in [3.8, 4) is 0 Å². The van der Waals surface area contributed by atoms with E-state index in [2.05, 4.69) is 0 Å². The highest BCUT2D eigenvalue weighted by Crippen LogP contribution is 2.38. The molecule has 3 rings (SSSR count). The lowest BCUT2D eigenvalue weighted by Gasteiger charge is -2.31. The Morgan fingerprint density at radius 2 is 1.67 bits per heavy atom. The van der Waals surface area contributed by atoms with Gasteiger partial charge in [-0.2, -0.15) is 13.2 Å². The molecule has 0 aliphatic heterocycles. The number of carbonyl (C=O) groups excluding carboxylic acids is 1. The average molecular weight is 377 g/mol. The fourth-order valence-corrected chi connectivity index (χ4v) is 2.59. The van der Waals surface area contributed by atoms with Gasteiger partial charge in [-0.25, -0.2) is 0 Å². The van der Waals surface area contributed by atoms with Crippen LogP contribution in [0, 0.1) is 0 Å². The molecule has 0 aliphatic carbocycles. The highest BCUT2D eigenvalue weighted by molar-refractivity contribution is 5.93. The van der Waals surface area contributed by atoms with Crippen LogP contribution in [0.3, 0.4) is 0 Å². The number of benzene rings is 2. The quantitative estimate of drug-likeness (QED) is 0.733. The highest BCUT2D eigenvalue weighted by Gasteiger charge is 2.55. The number of carbonyl (C=O) groups is 1. The number of aliphatic hydroxyl groups is 1. The summed E-state index contributed by atoms with van der Waals surface area (Å²) in [7, 11) is 0. The largest absolute Gasteiger partial charge is 0.451 e. The molecule has 0 bridgehead atoms. The fourth-order valence-electron chi connectivity index (χ4n) is 2.59. The van der Waals surface area contributed by atoms with E-state index in [9.17, 15) is 27.9 Å². The van der Waals surface area contributed by atoms with Gasteiger partial charge in [-0.05, 0) is 17.7 Å². The van der Waals surface area contributed by atoms with E-state index in [0.29, 0.717) is 0 Å². The Labute approximate surface area is 151 Å². The third-order valence-electron chi connectivity index (χ3n) is 4.08. The van der Waals surface area contributed by atoms with E-state index in [4.69, 9.17) is 4.42 Å². The normalized spacial score (nSPS) is 13.9. The number of para-hydroxylation sites is 1. The highest BCUT2D eigenvalue weighted by atomic mass is 19.4. The van der Waals surface area contributed by atoms with E-state index in [0.717, 1.165) is 18.2 Å². The number of halogens is 3. The van der Waals surface area contributed by atoms with Gasteiger partial charge in [0.25, 0.3) is 5.91 Å². The SMILES string of the molecule is O=C(NC[C@@](O)(c1ccccc1)C(F)(F)F)c1cc(=O)c2ccccc2o1. The lowest BCUT2D eigenvalue weighted by atomic mass is 9.93. The predicted octanol–water partition coefficient (Wildman–Crippen LogP) is 2.97. The molecule has 140 valence electrons. The van der Waals surface area contributed by atoms with Crippen LogP contribution in [0.4, 0.5) is 13.2 Å². The van der Waals surface area contributed by atoms with Crippen LogP contribution in [-0.4, -0.2) is 23.7 Å². The Balaban J connectivity index is 1.88. The molecule has 1 amide bonds. The molecular weight excluding hydrogens is 363 g/mol. The first kappa shape index (κ1) is 18.7. The van der Waals surface area contributed by atoms with Gasteiger partial charge in [0.05, 0.1) is 11.9 Å². The summed E-state index contributed by atoms with van der Waals surface area (Å²) in [6.45, 7) is -1.14. The van der Waals surface area contributed by atoms with Crippen molar-refractivity contribution in [2.75, 3.05) is 6.54 Å². The average Bonchev–Trinajstić information content (AvgIpc) is 2.65. The summed E-state index contributed by atoms with van der Waals surface area (Å²) in [5.41, 5.74) is -4.08. The minimum atomic E-state index is -5.04. The van der Waals surface area contributed by atoms with Crippen LogP contribution < -0.4 is 10.7 Å². The third kappa shape index (κ3) is 3.56. The van der Waals surface area contributed by atoms with Crippen molar-refractivity contribution in [1.29, 1.82) is 0 Å². The van der Waals surface area contributed by atoms with Crippen molar-refractivity contribution in [1.82, 2.24) is 5.32 Å². The smallest absolute Gasteiger partial charge is 0.423 e. The van der Waals surface area contributed by atoms with Gasteiger partial charge < -0.3 is 14.8 Å². The van der Waals surface area contributed by atoms with Crippen molar-refractivity contribution in [2.24, 2.45) is 0 Å². The zero-order valence-electron chi connectivity index (χ0n) is 13.8. The summed E-state index contributed by atoms with van der Waals surface area (Å²) in [4.78, 5) is 24.2. The fraction of sp³-hybridized carbons (Fsp3) is 0.158. The molecule has 1 aromatic heterocycles. The maximum Gasteiger partial charge on any atom is 0.423 e. The van der Waals surface area contributed by atoms with E-state index < -0.39 is 41.0 Å². The summed E-state index contributed by atoms with van der Waals surface area (Å²) in [6, 6.07) is 13.5. The number of amides is 1. The molecule has 0 saturated carbocycles. The molecular formula is C19H14F3NO4. The Bertz CT molecular complexity index is 1030. The summed E-state index contributed by atoms with van der Waals surface area (Å²) >= 11 is 0. The van der Waals surface area contributed by atoms with Gasteiger partial charge in [0.1, 0.15) is 5.58 Å². The first-order valence-corrected chi connectivity index (χ1v) is 7.88. The molecule has 2 aromatic carbocycles. The molecule has 0 radical (unpaired) electrons. The molecule has 8 heteroatoms. The molecule has 0 aliphatic rings. The molecule has 0 saturated heterocycles. The molecule has 27 heavy (non-hydrogen) atoms. The second kappa shape index (κ2) is 6.88. The Kier molecular flexibility index (Phi) is 4.75. The lowest BCUT2D eigenvalue weighted by Crippen LogP contribution is -2.51. The zero-order valence-corrected chi connectivity index (χ0v) is 13.8. The molecule has 0 spiro atoms. The first-order valence-electron chi connectivity index (χ1n) is 7.88. The van der Waals surface area contributed by atoms with Crippen LogP contribution in [0.15, 0.2) is 69.9 Å². The molecule has 3 aromatic rings. The topological polar surface area (TPSA) is 79.5 Å². The molecule has 2 N–H and O–H groups in total. The summed E-state index contributed by atoms with van der Waals surface area (Å²) in [5.74, 6) is -1.49. The van der Waals surface area contributed by atoms with Crippen molar-refractivity contribution in [2.45, 2.75) is 11.8 Å². The van der Waals surface area contributed by atoms with Gasteiger partial charge in [-0.15, -0.1) is 0 Å². The van der Waals surface area contributed by atoms with E-state index >= 15 is 0 Å². The number of fused-ring (bicyclic) bond motifs is 1. The van der Waals surface area contributed by atoms with E-state index in [1.165, 1.54) is 30.3 Å². The van der Waals surface area contributed by atoms with Crippen LogP contribution in [0.5, 0.6) is 0 Å². The van der Waals surface area contributed by atoms with Gasteiger partial charge in [-0.1, -0.05) is 42.5 Å². The molecule has 0 unspecified atom stereocenters. The van der Waals surface area contributed by atoms with Gasteiger partial charge in [0.15, 0.2) is 11.2 Å².